The van der Waals surface area contributed by atoms with Crippen molar-refractivity contribution in [2.45, 2.75) is 50.6 Å². The molecular formula is C19H24FN3O3. The van der Waals surface area contributed by atoms with Gasteiger partial charge in [0, 0.05) is 32.1 Å². The molecule has 1 aromatic rings. The molecule has 1 spiro atoms. The van der Waals surface area contributed by atoms with Crippen molar-refractivity contribution in [3.63, 3.8) is 0 Å². The van der Waals surface area contributed by atoms with Gasteiger partial charge in [-0.05, 0) is 25.3 Å². The first-order valence-electron chi connectivity index (χ1n) is 9.04. The van der Waals surface area contributed by atoms with Crippen LogP contribution in [0, 0.1) is 5.82 Å². The van der Waals surface area contributed by atoms with Crippen LogP contribution in [0.15, 0.2) is 24.3 Å². The van der Waals surface area contributed by atoms with Crippen LogP contribution < -0.4 is 5.32 Å². The van der Waals surface area contributed by atoms with E-state index < -0.39 is 5.54 Å². The summed E-state index contributed by atoms with van der Waals surface area (Å²) in [5.41, 5.74) is -0.247. The maximum atomic E-state index is 13.7. The number of amides is 4. The highest BCUT2D eigenvalue weighted by atomic mass is 19.1. The predicted octanol–water partition coefficient (Wildman–Crippen LogP) is 2.43. The van der Waals surface area contributed by atoms with Crippen molar-refractivity contribution in [2.24, 2.45) is 0 Å². The highest BCUT2D eigenvalue weighted by Crippen LogP contribution is 2.35. The van der Waals surface area contributed by atoms with Gasteiger partial charge in [0.2, 0.25) is 5.91 Å². The Labute approximate surface area is 152 Å². The van der Waals surface area contributed by atoms with Crippen molar-refractivity contribution in [3.05, 3.63) is 35.6 Å². The lowest BCUT2D eigenvalue weighted by atomic mass is 9.98. The van der Waals surface area contributed by atoms with Gasteiger partial charge in [-0.3, -0.25) is 14.5 Å². The van der Waals surface area contributed by atoms with Crippen LogP contribution in [0.3, 0.4) is 0 Å². The fourth-order valence-electron chi connectivity index (χ4n) is 3.75. The van der Waals surface area contributed by atoms with Crippen molar-refractivity contribution in [1.82, 2.24) is 15.1 Å². The molecule has 2 fully saturated rings. The zero-order chi connectivity index (χ0) is 18.7. The molecule has 0 radical (unpaired) electrons. The van der Waals surface area contributed by atoms with Crippen LogP contribution in [0.4, 0.5) is 9.18 Å². The lowest BCUT2D eigenvalue weighted by Gasteiger charge is -2.20. The number of hydrogen-bond acceptors (Lipinski definition) is 3. The van der Waals surface area contributed by atoms with E-state index in [-0.39, 0.29) is 43.2 Å². The molecule has 0 unspecified atom stereocenters. The standard InChI is InChI=1S/C19H24FN3O3/c1-22(13-14-7-2-3-8-15(14)20)16(24)9-6-12-23-17(25)19(21-18(23)26)10-4-5-11-19/h2-3,7-8H,4-6,9-13H2,1H3,(H,21,26). The van der Waals surface area contributed by atoms with Crippen molar-refractivity contribution >= 4 is 17.8 Å². The van der Waals surface area contributed by atoms with Crippen molar-refractivity contribution in [2.75, 3.05) is 13.6 Å². The van der Waals surface area contributed by atoms with E-state index >= 15 is 0 Å². The average molecular weight is 361 g/mol. The van der Waals surface area contributed by atoms with Gasteiger partial charge >= 0.3 is 6.03 Å². The molecule has 26 heavy (non-hydrogen) atoms. The minimum atomic E-state index is -0.706. The Hall–Kier alpha value is -2.44. The zero-order valence-corrected chi connectivity index (χ0v) is 15.0. The number of halogens is 1. The summed E-state index contributed by atoms with van der Waals surface area (Å²) >= 11 is 0. The molecular weight excluding hydrogens is 337 g/mol. The Morgan fingerprint density at radius 1 is 1.27 bits per heavy atom. The molecule has 7 heteroatoms. The summed E-state index contributed by atoms with van der Waals surface area (Å²) in [6.45, 7) is 0.420. The van der Waals surface area contributed by atoms with Crippen molar-refractivity contribution < 1.29 is 18.8 Å². The second-order valence-electron chi connectivity index (χ2n) is 7.12. The number of rotatable bonds is 6. The third kappa shape index (κ3) is 3.57. The largest absolute Gasteiger partial charge is 0.341 e. The molecule has 1 N–H and O–H groups in total. The van der Waals surface area contributed by atoms with Crippen molar-refractivity contribution in [1.29, 1.82) is 0 Å². The lowest BCUT2D eigenvalue weighted by molar-refractivity contribution is -0.133. The van der Waals surface area contributed by atoms with Crippen LogP contribution in [-0.4, -0.2) is 46.8 Å². The molecule has 0 atom stereocenters. The number of imide groups is 1. The predicted molar refractivity (Wildman–Crippen MR) is 93.6 cm³/mol. The second kappa shape index (κ2) is 7.43. The Morgan fingerprint density at radius 3 is 2.65 bits per heavy atom. The third-order valence-electron chi connectivity index (χ3n) is 5.27. The SMILES string of the molecule is CN(Cc1ccccc1F)C(=O)CCCN1C(=O)NC2(CCCC2)C1=O. The molecule has 3 rings (SSSR count). The Balaban J connectivity index is 1.48. The molecule has 0 aromatic heterocycles. The van der Waals surface area contributed by atoms with Gasteiger partial charge in [0.1, 0.15) is 11.4 Å². The fourth-order valence-corrected chi connectivity index (χ4v) is 3.75. The first kappa shape index (κ1) is 18.4. The van der Waals surface area contributed by atoms with Crippen LogP contribution in [-0.2, 0) is 16.1 Å². The zero-order valence-electron chi connectivity index (χ0n) is 15.0. The van der Waals surface area contributed by atoms with Crippen molar-refractivity contribution in [3.8, 4) is 0 Å². The number of carbonyl (C=O) groups is 3. The molecule has 1 heterocycles. The first-order valence-corrected chi connectivity index (χ1v) is 9.04. The van der Waals surface area contributed by atoms with E-state index in [2.05, 4.69) is 5.32 Å². The van der Waals surface area contributed by atoms with Gasteiger partial charge < -0.3 is 10.2 Å². The van der Waals surface area contributed by atoms with E-state index in [1.807, 2.05) is 0 Å². The molecule has 1 aliphatic carbocycles. The van der Waals surface area contributed by atoms with E-state index in [9.17, 15) is 18.8 Å². The molecule has 0 bridgehead atoms. The van der Waals surface area contributed by atoms with Crippen LogP contribution in [0.25, 0.3) is 0 Å². The van der Waals surface area contributed by atoms with Crippen LogP contribution in [0.1, 0.15) is 44.1 Å². The van der Waals surface area contributed by atoms with Gasteiger partial charge in [-0.25, -0.2) is 9.18 Å². The molecule has 2 aliphatic rings. The Bertz CT molecular complexity index is 716. The molecule has 1 saturated heterocycles. The minimum absolute atomic E-state index is 0.143. The normalized spacial score (nSPS) is 18.5. The monoisotopic (exact) mass is 361 g/mol. The smallest absolute Gasteiger partial charge is 0.325 e. The third-order valence-corrected chi connectivity index (χ3v) is 5.27. The van der Waals surface area contributed by atoms with Gasteiger partial charge in [0.25, 0.3) is 5.91 Å². The summed E-state index contributed by atoms with van der Waals surface area (Å²) in [5, 5.41) is 2.83. The number of hydrogen-bond donors (Lipinski definition) is 1. The number of carbonyl (C=O) groups excluding carboxylic acids is 3. The average Bonchev–Trinajstić information content (AvgIpc) is 3.17. The maximum absolute atomic E-state index is 13.7. The fraction of sp³-hybridized carbons (Fsp3) is 0.526. The summed E-state index contributed by atoms with van der Waals surface area (Å²) in [7, 11) is 1.62. The molecule has 1 aromatic carbocycles. The summed E-state index contributed by atoms with van der Waals surface area (Å²) in [6, 6.07) is 5.99. The molecule has 140 valence electrons. The maximum Gasteiger partial charge on any atom is 0.325 e. The number of nitrogens with one attached hydrogen (secondary N) is 1. The van der Waals surface area contributed by atoms with E-state index in [4.69, 9.17) is 0 Å². The van der Waals surface area contributed by atoms with E-state index in [1.54, 1.807) is 25.2 Å². The quantitative estimate of drug-likeness (QED) is 0.791. The summed E-state index contributed by atoms with van der Waals surface area (Å²) < 4.78 is 13.7. The van der Waals surface area contributed by atoms with E-state index in [0.717, 1.165) is 12.8 Å². The summed E-state index contributed by atoms with van der Waals surface area (Å²) in [6.07, 6.45) is 3.87. The molecule has 1 saturated carbocycles. The lowest BCUT2D eigenvalue weighted by Crippen LogP contribution is -2.44. The number of benzene rings is 1. The molecule has 6 nitrogen and oxygen atoms in total. The molecule has 4 amide bonds. The Kier molecular flexibility index (Phi) is 5.25. The van der Waals surface area contributed by atoms with Crippen LogP contribution >= 0.6 is 0 Å². The van der Waals surface area contributed by atoms with Gasteiger partial charge in [-0.15, -0.1) is 0 Å². The first-order chi connectivity index (χ1) is 12.4. The number of nitrogens with zero attached hydrogens (tertiary/aromatic N) is 2. The summed E-state index contributed by atoms with van der Waals surface area (Å²) in [4.78, 5) is 39.6. The van der Waals surface area contributed by atoms with E-state index in [1.165, 1.54) is 15.9 Å². The molecule has 1 aliphatic heterocycles. The minimum Gasteiger partial charge on any atom is -0.341 e. The topological polar surface area (TPSA) is 69.7 Å². The van der Waals surface area contributed by atoms with Crippen LogP contribution in [0.5, 0.6) is 0 Å². The van der Waals surface area contributed by atoms with Gasteiger partial charge in [-0.1, -0.05) is 31.0 Å². The van der Waals surface area contributed by atoms with E-state index in [0.29, 0.717) is 24.8 Å². The summed E-state index contributed by atoms with van der Waals surface area (Å²) in [5.74, 6) is -0.642. The highest BCUT2D eigenvalue weighted by Gasteiger charge is 2.52. The Morgan fingerprint density at radius 2 is 1.96 bits per heavy atom. The van der Waals surface area contributed by atoms with Crippen LogP contribution in [0.2, 0.25) is 0 Å². The van der Waals surface area contributed by atoms with Gasteiger partial charge in [0.05, 0.1) is 0 Å². The second-order valence-corrected chi connectivity index (χ2v) is 7.12. The highest BCUT2D eigenvalue weighted by molar-refractivity contribution is 6.07. The van der Waals surface area contributed by atoms with Gasteiger partial charge in [0.15, 0.2) is 0 Å². The van der Waals surface area contributed by atoms with Gasteiger partial charge in [-0.2, -0.15) is 0 Å². The number of urea groups is 1.